The van der Waals surface area contributed by atoms with E-state index in [0.717, 1.165) is 22.3 Å². The molecule has 0 saturated heterocycles. The molecule has 0 bridgehead atoms. The summed E-state index contributed by atoms with van der Waals surface area (Å²) in [7, 11) is 4.89. The fourth-order valence-electron chi connectivity index (χ4n) is 2.45. The van der Waals surface area contributed by atoms with Crippen LogP contribution in [-0.2, 0) is 6.54 Å². The van der Waals surface area contributed by atoms with E-state index in [1.54, 1.807) is 21.3 Å². The Morgan fingerprint density at radius 1 is 0.957 bits per heavy atom. The molecule has 0 amide bonds. The molecule has 0 aliphatic heterocycles. The molecule has 3 rings (SSSR count). The number of nitrogens with zero attached hydrogens (tertiary/aromatic N) is 1. The Balaban J connectivity index is 1.83. The molecule has 120 valence electrons. The molecule has 0 spiro atoms. The first kappa shape index (κ1) is 15.0. The normalized spacial score (nSPS) is 10.6. The second kappa shape index (κ2) is 6.48. The summed E-state index contributed by atoms with van der Waals surface area (Å²) < 4.78 is 16.0. The molecule has 3 aromatic rings. The van der Waals surface area contributed by atoms with E-state index in [1.807, 2.05) is 36.4 Å². The van der Waals surface area contributed by atoms with Gasteiger partial charge < -0.3 is 24.5 Å². The van der Waals surface area contributed by atoms with E-state index in [9.17, 15) is 0 Å². The van der Waals surface area contributed by atoms with Gasteiger partial charge in [-0.05, 0) is 6.07 Å². The van der Waals surface area contributed by atoms with Crippen molar-refractivity contribution >= 4 is 17.0 Å². The first-order valence-corrected chi connectivity index (χ1v) is 7.22. The molecule has 23 heavy (non-hydrogen) atoms. The first-order valence-electron chi connectivity index (χ1n) is 7.22. The van der Waals surface area contributed by atoms with E-state index >= 15 is 0 Å². The number of para-hydroxylation sites is 1. The van der Waals surface area contributed by atoms with Gasteiger partial charge in [0.05, 0.1) is 32.4 Å². The highest BCUT2D eigenvalue weighted by atomic mass is 16.5. The van der Waals surface area contributed by atoms with Crippen molar-refractivity contribution in [1.82, 2.24) is 9.97 Å². The van der Waals surface area contributed by atoms with Crippen molar-refractivity contribution in [3.63, 3.8) is 0 Å². The summed E-state index contributed by atoms with van der Waals surface area (Å²) in [5.41, 5.74) is 2.75. The number of aromatic nitrogens is 2. The smallest absolute Gasteiger partial charge is 0.201 e. The molecule has 2 aromatic carbocycles. The van der Waals surface area contributed by atoms with Crippen molar-refractivity contribution in [2.75, 3.05) is 26.6 Å². The fourth-order valence-corrected chi connectivity index (χ4v) is 2.45. The summed E-state index contributed by atoms with van der Waals surface area (Å²) in [4.78, 5) is 7.75. The van der Waals surface area contributed by atoms with Crippen molar-refractivity contribution in [2.24, 2.45) is 0 Å². The predicted octanol–water partition coefficient (Wildman–Crippen LogP) is 3.20. The third-order valence-corrected chi connectivity index (χ3v) is 3.63. The van der Waals surface area contributed by atoms with Gasteiger partial charge >= 0.3 is 0 Å². The van der Waals surface area contributed by atoms with E-state index < -0.39 is 0 Å². The topological polar surface area (TPSA) is 68.4 Å². The molecule has 6 nitrogen and oxygen atoms in total. The number of aromatic amines is 1. The average Bonchev–Trinajstić information content (AvgIpc) is 3.00. The minimum absolute atomic E-state index is 0.609. The highest BCUT2D eigenvalue weighted by molar-refractivity contribution is 5.81. The molecule has 0 atom stereocenters. The Hall–Kier alpha value is -2.89. The number of H-pyrrole nitrogens is 1. The Morgan fingerprint density at radius 3 is 2.39 bits per heavy atom. The van der Waals surface area contributed by atoms with E-state index in [-0.39, 0.29) is 0 Å². The number of hydrogen-bond donors (Lipinski definition) is 2. The summed E-state index contributed by atoms with van der Waals surface area (Å²) in [6, 6.07) is 11.6. The molecule has 0 radical (unpaired) electrons. The van der Waals surface area contributed by atoms with E-state index in [2.05, 4.69) is 15.3 Å². The van der Waals surface area contributed by atoms with Crippen LogP contribution in [0.5, 0.6) is 17.2 Å². The minimum atomic E-state index is 0.609. The van der Waals surface area contributed by atoms with Gasteiger partial charge in [-0.2, -0.15) is 0 Å². The lowest BCUT2D eigenvalue weighted by Gasteiger charge is -2.08. The number of hydrogen-bond acceptors (Lipinski definition) is 5. The second-order valence-corrected chi connectivity index (χ2v) is 4.98. The van der Waals surface area contributed by atoms with Gasteiger partial charge in [0.25, 0.3) is 0 Å². The molecule has 0 saturated carbocycles. The summed E-state index contributed by atoms with van der Waals surface area (Å²) in [5.74, 6) is 2.85. The maximum Gasteiger partial charge on any atom is 0.201 e. The summed E-state index contributed by atoms with van der Waals surface area (Å²) in [5, 5.41) is 3.27. The largest absolute Gasteiger partial charge is 0.496 e. The summed E-state index contributed by atoms with van der Waals surface area (Å²) in [6.45, 7) is 0.609. The highest BCUT2D eigenvalue weighted by Gasteiger charge is 2.10. The quantitative estimate of drug-likeness (QED) is 0.731. The molecule has 1 heterocycles. The zero-order valence-corrected chi connectivity index (χ0v) is 13.3. The summed E-state index contributed by atoms with van der Waals surface area (Å²) in [6.07, 6.45) is 0. The van der Waals surface area contributed by atoms with Crippen LogP contribution >= 0.6 is 0 Å². The van der Waals surface area contributed by atoms with Gasteiger partial charge in [-0.25, -0.2) is 4.98 Å². The minimum Gasteiger partial charge on any atom is -0.496 e. The average molecular weight is 313 g/mol. The van der Waals surface area contributed by atoms with Crippen LogP contribution in [-0.4, -0.2) is 31.3 Å². The molecule has 0 fully saturated rings. The zero-order chi connectivity index (χ0) is 16.2. The number of ether oxygens (including phenoxy) is 3. The fraction of sp³-hybridized carbons (Fsp3) is 0.235. The lowest BCUT2D eigenvalue weighted by atomic mass is 10.2. The van der Waals surface area contributed by atoms with Crippen molar-refractivity contribution in [1.29, 1.82) is 0 Å². The molecule has 0 unspecified atom stereocenters. The lowest BCUT2D eigenvalue weighted by Crippen LogP contribution is -2.02. The predicted molar refractivity (Wildman–Crippen MR) is 89.5 cm³/mol. The maximum atomic E-state index is 5.35. The van der Waals surface area contributed by atoms with Crippen molar-refractivity contribution in [2.45, 2.75) is 6.54 Å². The van der Waals surface area contributed by atoms with Gasteiger partial charge in [0.1, 0.15) is 5.75 Å². The molecule has 2 N–H and O–H groups in total. The second-order valence-electron chi connectivity index (χ2n) is 4.98. The Labute approximate surface area is 134 Å². The third-order valence-electron chi connectivity index (χ3n) is 3.63. The number of nitrogens with one attached hydrogen (secondary N) is 2. The Morgan fingerprint density at radius 2 is 1.65 bits per heavy atom. The van der Waals surface area contributed by atoms with Crippen molar-refractivity contribution in [3.05, 3.63) is 42.0 Å². The number of fused-ring (bicyclic) bond motifs is 1. The number of methoxy groups -OCH3 is 3. The van der Waals surface area contributed by atoms with Crippen LogP contribution < -0.4 is 19.5 Å². The lowest BCUT2D eigenvalue weighted by molar-refractivity contribution is 0.356. The van der Waals surface area contributed by atoms with Crippen LogP contribution in [0.4, 0.5) is 5.95 Å². The number of anilines is 1. The van der Waals surface area contributed by atoms with Gasteiger partial charge in [-0.3, -0.25) is 0 Å². The SMILES string of the molecule is COc1ccccc1CNc1nc2cc(OC)c(OC)cc2[nH]1. The van der Waals surface area contributed by atoms with E-state index in [4.69, 9.17) is 14.2 Å². The van der Waals surface area contributed by atoms with Crippen LogP contribution in [0.25, 0.3) is 11.0 Å². The molecular weight excluding hydrogens is 294 g/mol. The highest BCUT2D eigenvalue weighted by Crippen LogP contribution is 2.31. The van der Waals surface area contributed by atoms with Gasteiger partial charge in [0.2, 0.25) is 5.95 Å². The number of imidazole rings is 1. The molecule has 1 aromatic heterocycles. The van der Waals surface area contributed by atoms with Crippen molar-refractivity contribution in [3.8, 4) is 17.2 Å². The van der Waals surface area contributed by atoms with E-state index in [1.165, 1.54) is 0 Å². The van der Waals surface area contributed by atoms with Gasteiger partial charge in [-0.1, -0.05) is 18.2 Å². The monoisotopic (exact) mass is 313 g/mol. The number of benzene rings is 2. The van der Waals surface area contributed by atoms with Crippen LogP contribution in [0, 0.1) is 0 Å². The molecule has 0 aliphatic carbocycles. The molecule has 6 heteroatoms. The Kier molecular flexibility index (Phi) is 4.23. The summed E-state index contributed by atoms with van der Waals surface area (Å²) >= 11 is 0. The third kappa shape index (κ3) is 3.01. The van der Waals surface area contributed by atoms with Crippen molar-refractivity contribution < 1.29 is 14.2 Å². The number of rotatable bonds is 6. The van der Waals surface area contributed by atoms with Gasteiger partial charge in [0.15, 0.2) is 11.5 Å². The van der Waals surface area contributed by atoms with Gasteiger partial charge in [0, 0.05) is 24.2 Å². The first-order chi connectivity index (χ1) is 11.2. The van der Waals surface area contributed by atoms with Crippen LogP contribution in [0.1, 0.15) is 5.56 Å². The van der Waals surface area contributed by atoms with Gasteiger partial charge in [-0.15, -0.1) is 0 Å². The van der Waals surface area contributed by atoms with E-state index in [0.29, 0.717) is 24.0 Å². The van der Waals surface area contributed by atoms with Crippen LogP contribution in [0.3, 0.4) is 0 Å². The standard InChI is InChI=1S/C17H19N3O3/c1-21-14-7-5-4-6-11(14)10-18-17-19-12-8-15(22-2)16(23-3)9-13(12)20-17/h4-9H,10H2,1-3H3,(H2,18,19,20). The van der Waals surface area contributed by atoms with Crippen LogP contribution in [0.15, 0.2) is 36.4 Å². The molecular formula is C17H19N3O3. The van der Waals surface area contributed by atoms with Crippen LogP contribution in [0.2, 0.25) is 0 Å². The maximum absolute atomic E-state index is 5.35. The molecule has 0 aliphatic rings. The zero-order valence-electron chi connectivity index (χ0n) is 13.3. The Bertz CT molecular complexity index is 773.